The van der Waals surface area contributed by atoms with Crippen molar-refractivity contribution in [1.82, 2.24) is 4.98 Å². The lowest BCUT2D eigenvalue weighted by atomic mass is 10.2. The van der Waals surface area contributed by atoms with Crippen LogP contribution in [-0.2, 0) is 0 Å². The Bertz CT molecular complexity index is 574. The van der Waals surface area contributed by atoms with Gasteiger partial charge in [-0.05, 0) is 18.2 Å². The maximum atomic E-state index is 5.31. The number of hydrogen-bond acceptors (Lipinski definition) is 6. The molecule has 1 aliphatic heterocycles. The van der Waals surface area contributed by atoms with Gasteiger partial charge in [-0.1, -0.05) is 0 Å². The van der Waals surface area contributed by atoms with Gasteiger partial charge in [0.15, 0.2) is 11.5 Å². The van der Waals surface area contributed by atoms with Crippen LogP contribution in [0.15, 0.2) is 36.5 Å². The van der Waals surface area contributed by atoms with E-state index in [1.54, 1.807) is 6.20 Å². The Labute approximate surface area is 104 Å². The number of pyridine rings is 1. The average molecular weight is 244 g/mol. The predicted molar refractivity (Wildman–Crippen MR) is 67.9 cm³/mol. The summed E-state index contributed by atoms with van der Waals surface area (Å²) in [7, 11) is 0. The van der Waals surface area contributed by atoms with Crippen LogP contribution in [0.3, 0.4) is 0 Å². The highest BCUT2D eigenvalue weighted by atomic mass is 16.7. The third-order valence-electron chi connectivity index (χ3n) is 2.57. The molecule has 0 radical (unpaired) electrons. The first kappa shape index (κ1) is 10.7. The molecule has 2 aromatic rings. The molecule has 6 heteroatoms. The summed E-state index contributed by atoms with van der Waals surface area (Å²) in [5.41, 5.74) is 4.30. The molecule has 4 N–H and O–H groups in total. The molecule has 0 unspecified atom stereocenters. The van der Waals surface area contributed by atoms with Crippen LogP contribution in [0, 0.1) is 0 Å². The summed E-state index contributed by atoms with van der Waals surface area (Å²) in [5.74, 6) is 7.41. The number of hydrogen-bond donors (Lipinski definition) is 3. The summed E-state index contributed by atoms with van der Waals surface area (Å²) >= 11 is 0. The molecule has 0 atom stereocenters. The van der Waals surface area contributed by atoms with Crippen molar-refractivity contribution in [3.8, 4) is 11.5 Å². The first-order chi connectivity index (χ1) is 8.85. The molecule has 0 spiro atoms. The Balaban J connectivity index is 1.83. The van der Waals surface area contributed by atoms with Crippen molar-refractivity contribution in [3.05, 3.63) is 36.5 Å². The van der Waals surface area contributed by atoms with Gasteiger partial charge in [-0.2, -0.15) is 0 Å². The first-order valence-corrected chi connectivity index (χ1v) is 5.44. The monoisotopic (exact) mass is 244 g/mol. The molecule has 0 fully saturated rings. The second-order valence-electron chi connectivity index (χ2n) is 3.77. The smallest absolute Gasteiger partial charge is 0.231 e. The maximum Gasteiger partial charge on any atom is 0.231 e. The van der Waals surface area contributed by atoms with E-state index in [2.05, 4.69) is 15.7 Å². The molecule has 18 heavy (non-hydrogen) atoms. The normalized spacial score (nSPS) is 12.3. The zero-order valence-electron chi connectivity index (χ0n) is 9.51. The SMILES string of the molecule is NNc1cc(Nc2ccc3c(c2)OCO3)ccn1. The molecule has 1 aromatic heterocycles. The fourth-order valence-corrected chi connectivity index (χ4v) is 1.73. The Hall–Kier alpha value is -2.47. The van der Waals surface area contributed by atoms with E-state index in [0.29, 0.717) is 5.82 Å². The number of anilines is 3. The number of ether oxygens (including phenoxy) is 2. The maximum absolute atomic E-state index is 5.31. The molecular weight excluding hydrogens is 232 g/mol. The molecule has 0 amide bonds. The van der Waals surface area contributed by atoms with Crippen LogP contribution in [0.1, 0.15) is 0 Å². The van der Waals surface area contributed by atoms with Gasteiger partial charge in [-0.3, -0.25) is 0 Å². The highest BCUT2D eigenvalue weighted by molar-refractivity contribution is 5.65. The Kier molecular flexibility index (Phi) is 2.62. The van der Waals surface area contributed by atoms with Crippen LogP contribution < -0.4 is 26.1 Å². The molecule has 1 aromatic carbocycles. The van der Waals surface area contributed by atoms with E-state index in [1.165, 1.54) is 0 Å². The average Bonchev–Trinajstić information content (AvgIpc) is 2.86. The zero-order chi connectivity index (χ0) is 12.4. The van der Waals surface area contributed by atoms with Crippen LogP contribution in [-0.4, -0.2) is 11.8 Å². The van der Waals surface area contributed by atoms with Crippen LogP contribution in [0.5, 0.6) is 11.5 Å². The summed E-state index contributed by atoms with van der Waals surface area (Å²) in [6, 6.07) is 9.34. The van der Waals surface area contributed by atoms with Gasteiger partial charge in [0.25, 0.3) is 0 Å². The molecule has 2 heterocycles. The topological polar surface area (TPSA) is 81.4 Å². The zero-order valence-corrected chi connectivity index (χ0v) is 9.51. The van der Waals surface area contributed by atoms with E-state index in [0.717, 1.165) is 22.9 Å². The highest BCUT2D eigenvalue weighted by Gasteiger charge is 2.13. The van der Waals surface area contributed by atoms with Gasteiger partial charge in [-0.25, -0.2) is 10.8 Å². The number of nitrogens with zero attached hydrogens (tertiary/aromatic N) is 1. The number of aromatic nitrogens is 1. The number of benzene rings is 1. The lowest BCUT2D eigenvalue weighted by molar-refractivity contribution is 0.174. The molecule has 0 saturated carbocycles. The molecule has 6 nitrogen and oxygen atoms in total. The number of fused-ring (bicyclic) bond motifs is 1. The number of nitrogens with one attached hydrogen (secondary N) is 2. The molecule has 92 valence electrons. The van der Waals surface area contributed by atoms with Crippen molar-refractivity contribution in [2.75, 3.05) is 17.5 Å². The van der Waals surface area contributed by atoms with Gasteiger partial charge in [-0.15, -0.1) is 0 Å². The molecule has 1 aliphatic rings. The van der Waals surface area contributed by atoms with Crippen LogP contribution >= 0.6 is 0 Å². The largest absolute Gasteiger partial charge is 0.454 e. The van der Waals surface area contributed by atoms with Gasteiger partial charge in [0.05, 0.1) is 0 Å². The van der Waals surface area contributed by atoms with Gasteiger partial charge >= 0.3 is 0 Å². The first-order valence-electron chi connectivity index (χ1n) is 5.44. The number of rotatable bonds is 3. The quantitative estimate of drug-likeness (QED) is 0.564. The Morgan fingerprint density at radius 2 is 1.89 bits per heavy atom. The van der Waals surface area contributed by atoms with E-state index >= 15 is 0 Å². The summed E-state index contributed by atoms with van der Waals surface area (Å²) < 4.78 is 10.6. The van der Waals surface area contributed by atoms with Crippen molar-refractivity contribution in [2.24, 2.45) is 5.84 Å². The lowest BCUT2D eigenvalue weighted by Crippen LogP contribution is -2.08. The minimum atomic E-state index is 0.273. The Morgan fingerprint density at radius 1 is 1.06 bits per heavy atom. The predicted octanol–water partition coefficient (Wildman–Crippen LogP) is 1.84. The van der Waals surface area contributed by atoms with Crippen molar-refractivity contribution >= 4 is 17.2 Å². The fourth-order valence-electron chi connectivity index (χ4n) is 1.73. The summed E-state index contributed by atoms with van der Waals surface area (Å²) in [5, 5.41) is 3.24. The molecular formula is C12H12N4O2. The fraction of sp³-hybridized carbons (Fsp3) is 0.0833. The molecule has 3 rings (SSSR count). The van der Waals surface area contributed by atoms with E-state index < -0.39 is 0 Å². The third-order valence-corrected chi connectivity index (χ3v) is 2.57. The van der Waals surface area contributed by atoms with Crippen LogP contribution in [0.2, 0.25) is 0 Å². The van der Waals surface area contributed by atoms with E-state index in [1.807, 2.05) is 30.3 Å². The minimum Gasteiger partial charge on any atom is -0.454 e. The second-order valence-corrected chi connectivity index (χ2v) is 3.77. The van der Waals surface area contributed by atoms with Crippen molar-refractivity contribution < 1.29 is 9.47 Å². The van der Waals surface area contributed by atoms with Gasteiger partial charge < -0.3 is 20.2 Å². The van der Waals surface area contributed by atoms with Gasteiger partial charge in [0.2, 0.25) is 6.79 Å². The molecule has 0 saturated heterocycles. The highest BCUT2D eigenvalue weighted by Crippen LogP contribution is 2.35. The second kappa shape index (κ2) is 4.42. The van der Waals surface area contributed by atoms with Gasteiger partial charge in [0, 0.05) is 29.7 Å². The Morgan fingerprint density at radius 3 is 2.78 bits per heavy atom. The van der Waals surface area contributed by atoms with Crippen LogP contribution in [0.25, 0.3) is 0 Å². The van der Waals surface area contributed by atoms with E-state index in [9.17, 15) is 0 Å². The number of hydrazine groups is 1. The number of nitrogen functional groups attached to an aromatic ring is 1. The number of nitrogens with two attached hydrogens (primary N) is 1. The van der Waals surface area contributed by atoms with E-state index in [-0.39, 0.29) is 6.79 Å². The van der Waals surface area contributed by atoms with Crippen molar-refractivity contribution in [2.45, 2.75) is 0 Å². The summed E-state index contributed by atoms with van der Waals surface area (Å²) in [6.45, 7) is 0.273. The van der Waals surface area contributed by atoms with Gasteiger partial charge in [0.1, 0.15) is 5.82 Å². The standard InChI is InChI=1S/C12H12N4O2/c13-16-12-6-9(3-4-14-12)15-8-1-2-10-11(5-8)18-7-17-10/h1-6H,7,13H2,(H2,14,15,16). The molecule has 0 aliphatic carbocycles. The summed E-state index contributed by atoms with van der Waals surface area (Å²) in [6.07, 6.45) is 1.67. The summed E-state index contributed by atoms with van der Waals surface area (Å²) in [4.78, 5) is 4.04. The third kappa shape index (κ3) is 2.01. The van der Waals surface area contributed by atoms with Crippen molar-refractivity contribution in [3.63, 3.8) is 0 Å². The van der Waals surface area contributed by atoms with E-state index in [4.69, 9.17) is 15.3 Å². The van der Waals surface area contributed by atoms with Crippen molar-refractivity contribution in [1.29, 1.82) is 0 Å². The minimum absolute atomic E-state index is 0.273. The lowest BCUT2D eigenvalue weighted by Gasteiger charge is -2.08. The van der Waals surface area contributed by atoms with Crippen LogP contribution in [0.4, 0.5) is 17.2 Å². The molecule has 0 bridgehead atoms.